The molecule has 84 valence electrons. The molecule has 1 heterocycles. The van der Waals surface area contributed by atoms with Gasteiger partial charge < -0.3 is 10.6 Å². The van der Waals surface area contributed by atoms with Crippen molar-refractivity contribution in [2.24, 2.45) is 0 Å². The first kappa shape index (κ1) is 13.5. The van der Waals surface area contributed by atoms with Gasteiger partial charge in [0.2, 0.25) is 0 Å². The molecule has 0 unspecified atom stereocenters. The van der Waals surface area contributed by atoms with Crippen molar-refractivity contribution < 1.29 is 18.0 Å². The zero-order valence-electron chi connectivity index (χ0n) is 7.36. The molecule has 1 fully saturated rings. The van der Waals surface area contributed by atoms with Crippen LogP contribution in [0.2, 0.25) is 0 Å². The first-order chi connectivity index (χ1) is 6.00. The van der Waals surface area contributed by atoms with Crippen LogP contribution < -0.4 is 10.6 Å². The molecular formula is C7H12ClF3N2O. The van der Waals surface area contributed by atoms with Crippen molar-refractivity contribution in [2.45, 2.75) is 25.1 Å². The van der Waals surface area contributed by atoms with E-state index >= 15 is 0 Å². The molecule has 2 N–H and O–H groups in total. The fraction of sp³-hybridized carbons (Fsp3) is 0.857. The lowest BCUT2D eigenvalue weighted by molar-refractivity contribution is -0.173. The summed E-state index contributed by atoms with van der Waals surface area (Å²) in [6, 6.07) is -0.00806. The number of alkyl halides is 3. The summed E-state index contributed by atoms with van der Waals surface area (Å²) in [6.07, 6.45) is -3.00. The molecule has 0 aromatic carbocycles. The van der Waals surface area contributed by atoms with E-state index in [-0.39, 0.29) is 25.0 Å². The summed E-state index contributed by atoms with van der Waals surface area (Å²) in [5.41, 5.74) is 0. The van der Waals surface area contributed by atoms with Gasteiger partial charge in [-0.05, 0) is 19.4 Å². The fourth-order valence-electron chi connectivity index (χ4n) is 1.25. The number of carbonyl (C=O) groups is 1. The minimum absolute atomic E-state index is 0. The first-order valence-corrected chi connectivity index (χ1v) is 4.08. The van der Waals surface area contributed by atoms with Crippen molar-refractivity contribution in [3.8, 4) is 0 Å². The topological polar surface area (TPSA) is 41.1 Å². The van der Waals surface area contributed by atoms with Crippen LogP contribution in [0.5, 0.6) is 0 Å². The molecule has 3 nitrogen and oxygen atoms in total. The lowest BCUT2D eigenvalue weighted by Crippen LogP contribution is -2.43. The van der Waals surface area contributed by atoms with E-state index in [0.717, 1.165) is 19.4 Å². The van der Waals surface area contributed by atoms with E-state index in [1.165, 1.54) is 0 Å². The van der Waals surface area contributed by atoms with Gasteiger partial charge in [0, 0.05) is 12.6 Å². The van der Waals surface area contributed by atoms with Gasteiger partial charge in [-0.1, -0.05) is 0 Å². The number of halogens is 4. The van der Waals surface area contributed by atoms with Crippen molar-refractivity contribution in [1.29, 1.82) is 0 Å². The Balaban J connectivity index is 0.00000169. The molecule has 1 rings (SSSR count). The van der Waals surface area contributed by atoms with Crippen LogP contribution in [0.3, 0.4) is 0 Å². The zero-order chi connectivity index (χ0) is 9.90. The van der Waals surface area contributed by atoms with Crippen molar-refractivity contribution in [3.63, 3.8) is 0 Å². The third-order valence-corrected chi connectivity index (χ3v) is 1.93. The minimum Gasteiger partial charge on any atom is -0.347 e. The maximum atomic E-state index is 11.7. The zero-order valence-corrected chi connectivity index (χ0v) is 8.17. The van der Waals surface area contributed by atoms with E-state index < -0.39 is 12.1 Å². The highest BCUT2D eigenvalue weighted by Gasteiger charge is 2.38. The molecule has 1 aliphatic heterocycles. The number of rotatable bonds is 2. The summed E-state index contributed by atoms with van der Waals surface area (Å²) in [5.74, 6) is -1.86. The summed E-state index contributed by atoms with van der Waals surface area (Å²) >= 11 is 0. The fourth-order valence-corrected chi connectivity index (χ4v) is 1.25. The number of hydrogen-bond donors (Lipinski definition) is 2. The molecule has 1 amide bonds. The highest BCUT2D eigenvalue weighted by atomic mass is 35.5. The van der Waals surface area contributed by atoms with E-state index in [0.29, 0.717) is 0 Å². The Morgan fingerprint density at radius 3 is 2.57 bits per heavy atom. The van der Waals surface area contributed by atoms with Crippen LogP contribution in [0, 0.1) is 0 Å². The van der Waals surface area contributed by atoms with Gasteiger partial charge in [0.05, 0.1) is 0 Å². The molecule has 0 aliphatic carbocycles. The molecule has 0 aromatic rings. The Morgan fingerprint density at radius 2 is 2.14 bits per heavy atom. The molecule has 0 aromatic heterocycles. The molecule has 0 spiro atoms. The molecule has 0 saturated carbocycles. The maximum Gasteiger partial charge on any atom is 0.471 e. The van der Waals surface area contributed by atoms with Crippen LogP contribution in [-0.4, -0.2) is 31.2 Å². The second-order valence-corrected chi connectivity index (χ2v) is 3.00. The van der Waals surface area contributed by atoms with E-state index in [2.05, 4.69) is 5.32 Å². The highest BCUT2D eigenvalue weighted by Crippen LogP contribution is 2.14. The van der Waals surface area contributed by atoms with Crippen molar-refractivity contribution in [1.82, 2.24) is 10.6 Å². The lowest BCUT2D eigenvalue weighted by Gasteiger charge is -2.12. The Bertz CT molecular complexity index is 192. The van der Waals surface area contributed by atoms with Gasteiger partial charge in [0.15, 0.2) is 0 Å². The minimum atomic E-state index is -4.77. The second kappa shape index (κ2) is 5.41. The van der Waals surface area contributed by atoms with E-state index in [9.17, 15) is 18.0 Å². The first-order valence-electron chi connectivity index (χ1n) is 4.08. The summed E-state index contributed by atoms with van der Waals surface area (Å²) in [6.45, 7) is 0.866. The Kier molecular flexibility index (Phi) is 5.22. The molecule has 0 bridgehead atoms. The predicted molar refractivity (Wildman–Crippen MR) is 47.3 cm³/mol. The third kappa shape index (κ3) is 4.15. The Morgan fingerprint density at radius 1 is 1.50 bits per heavy atom. The second-order valence-electron chi connectivity index (χ2n) is 3.00. The monoisotopic (exact) mass is 232 g/mol. The highest BCUT2D eigenvalue weighted by molar-refractivity contribution is 5.85. The van der Waals surface area contributed by atoms with E-state index in [1.54, 1.807) is 0 Å². The summed E-state index contributed by atoms with van der Waals surface area (Å²) in [4.78, 5) is 10.4. The van der Waals surface area contributed by atoms with Crippen LogP contribution in [-0.2, 0) is 4.79 Å². The van der Waals surface area contributed by atoms with Gasteiger partial charge >= 0.3 is 12.1 Å². The quantitative estimate of drug-likeness (QED) is 0.741. The number of amides is 1. The van der Waals surface area contributed by atoms with E-state index in [1.807, 2.05) is 5.32 Å². The predicted octanol–water partition coefficient (Wildman–Crippen LogP) is 0.839. The van der Waals surface area contributed by atoms with Crippen LogP contribution >= 0.6 is 12.4 Å². The normalized spacial score (nSPS) is 21.5. The Labute approximate surface area is 85.8 Å². The standard InChI is InChI=1S/C7H11F3N2O.ClH/c8-7(9,10)6(13)12-4-5-2-1-3-11-5;/h5,11H,1-4H2,(H,12,13);1H/t5-;/m0./s1. The number of carbonyl (C=O) groups excluding carboxylic acids is 1. The Hall–Kier alpha value is -0.490. The van der Waals surface area contributed by atoms with Crippen LogP contribution in [0.15, 0.2) is 0 Å². The molecule has 14 heavy (non-hydrogen) atoms. The maximum absolute atomic E-state index is 11.7. The molecule has 1 aliphatic rings. The van der Waals surface area contributed by atoms with Crippen LogP contribution in [0.1, 0.15) is 12.8 Å². The van der Waals surface area contributed by atoms with Crippen molar-refractivity contribution in [2.75, 3.05) is 13.1 Å². The van der Waals surface area contributed by atoms with E-state index in [4.69, 9.17) is 0 Å². The average Bonchev–Trinajstić information content (AvgIpc) is 2.50. The van der Waals surface area contributed by atoms with Crippen molar-refractivity contribution in [3.05, 3.63) is 0 Å². The number of hydrogen-bond acceptors (Lipinski definition) is 2. The molecular weight excluding hydrogens is 221 g/mol. The summed E-state index contributed by atoms with van der Waals surface area (Å²) in [7, 11) is 0. The summed E-state index contributed by atoms with van der Waals surface area (Å²) in [5, 5.41) is 4.82. The molecule has 1 atom stereocenters. The van der Waals surface area contributed by atoms with Crippen LogP contribution in [0.4, 0.5) is 13.2 Å². The van der Waals surface area contributed by atoms with Gasteiger partial charge in [-0.3, -0.25) is 4.79 Å². The molecule has 0 radical (unpaired) electrons. The largest absolute Gasteiger partial charge is 0.471 e. The molecule has 7 heteroatoms. The number of nitrogens with one attached hydrogen (secondary N) is 2. The van der Waals surface area contributed by atoms with Crippen LogP contribution in [0.25, 0.3) is 0 Å². The van der Waals surface area contributed by atoms with Gasteiger partial charge in [-0.25, -0.2) is 0 Å². The van der Waals surface area contributed by atoms with Gasteiger partial charge in [0.25, 0.3) is 0 Å². The van der Waals surface area contributed by atoms with Gasteiger partial charge in [-0.2, -0.15) is 13.2 Å². The van der Waals surface area contributed by atoms with Crippen molar-refractivity contribution >= 4 is 18.3 Å². The van der Waals surface area contributed by atoms with Gasteiger partial charge in [0.1, 0.15) is 0 Å². The third-order valence-electron chi connectivity index (χ3n) is 1.93. The smallest absolute Gasteiger partial charge is 0.347 e. The lowest BCUT2D eigenvalue weighted by atomic mass is 10.2. The van der Waals surface area contributed by atoms with Gasteiger partial charge in [-0.15, -0.1) is 12.4 Å². The average molecular weight is 233 g/mol. The molecule has 1 saturated heterocycles. The summed E-state index contributed by atoms with van der Waals surface area (Å²) < 4.78 is 35.1. The SMILES string of the molecule is Cl.O=C(NC[C@@H]1CCCN1)C(F)(F)F.